The molecule has 1 fully saturated rings. The topological polar surface area (TPSA) is 63.1 Å². The summed E-state index contributed by atoms with van der Waals surface area (Å²) in [5.41, 5.74) is 2.86. The maximum atomic E-state index is 13.1. The number of hydrogen-bond acceptors (Lipinski definition) is 5. The number of amides is 1. The van der Waals surface area contributed by atoms with Crippen molar-refractivity contribution in [2.45, 2.75) is 25.9 Å². The van der Waals surface area contributed by atoms with E-state index in [1.807, 2.05) is 16.3 Å². The van der Waals surface area contributed by atoms with Crippen LogP contribution in [0.2, 0.25) is 0 Å². The molecule has 4 rings (SSSR count). The van der Waals surface area contributed by atoms with Crippen molar-refractivity contribution in [3.63, 3.8) is 0 Å². The number of rotatable bonds is 5. The number of carbonyl (C=O) groups excluding carboxylic acids is 1. The molecule has 1 N–H and O–H groups in total. The predicted octanol–water partition coefficient (Wildman–Crippen LogP) is 2.74. The second-order valence-electron chi connectivity index (χ2n) is 6.69. The number of piperazine rings is 1. The van der Waals surface area contributed by atoms with Crippen LogP contribution in [0.3, 0.4) is 0 Å². The molecule has 2 aromatic heterocycles. The van der Waals surface area contributed by atoms with Crippen molar-refractivity contribution in [2.75, 3.05) is 19.6 Å². The smallest absolute Gasteiger partial charge is 0.276 e. The lowest BCUT2D eigenvalue weighted by Gasteiger charge is -2.36. The molecule has 1 aliphatic rings. The van der Waals surface area contributed by atoms with Crippen LogP contribution in [0, 0.1) is 0 Å². The fourth-order valence-electron chi connectivity index (χ4n) is 3.40. The number of aromatic nitrogens is 3. The summed E-state index contributed by atoms with van der Waals surface area (Å²) in [5, 5.41) is 13.7. The van der Waals surface area contributed by atoms with Crippen molar-refractivity contribution in [1.82, 2.24) is 25.2 Å². The molecule has 0 radical (unpaired) electrons. The highest BCUT2D eigenvalue weighted by Gasteiger charge is 2.30. The first-order chi connectivity index (χ1) is 13.2. The SMILES string of the molecule is CCc1ccc(C2CNCCN2C(=O)c2cn(Cc3cccs3)nn2)cc1. The minimum absolute atomic E-state index is 0.0135. The van der Waals surface area contributed by atoms with E-state index < -0.39 is 0 Å². The molecule has 3 heterocycles. The molecule has 7 heteroatoms. The fraction of sp³-hybridized carbons (Fsp3) is 0.350. The highest BCUT2D eigenvalue weighted by molar-refractivity contribution is 7.09. The van der Waals surface area contributed by atoms with Gasteiger partial charge in [0, 0.05) is 24.5 Å². The zero-order valence-electron chi connectivity index (χ0n) is 15.3. The number of thiophene rings is 1. The summed E-state index contributed by atoms with van der Waals surface area (Å²) in [6, 6.07) is 12.6. The van der Waals surface area contributed by atoms with Crippen LogP contribution in [0.5, 0.6) is 0 Å². The Balaban J connectivity index is 1.52. The second-order valence-corrected chi connectivity index (χ2v) is 7.73. The first-order valence-electron chi connectivity index (χ1n) is 9.27. The van der Waals surface area contributed by atoms with Gasteiger partial charge >= 0.3 is 0 Å². The van der Waals surface area contributed by atoms with Gasteiger partial charge in [0.25, 0.3) is 5.91 Å². The van der Waals surface area contributed by atoms with Gasteiger partial charge in [-0.25, -0.2) is 4.68 Å². The lowest BCUT2D eigenvalue weighted by atomic mass is 10.0. The van der Waals surface area contributed by atoms with E-state index in [-0.39, 0.29) is 11.9 Å². The Kier molecular flexibility index (Phi) is 5.31. The Morgan fingerprint density at radius 2 is 2.15 bits per heavy atom. The third-order valence-corrected chi connectivity index (χ3v) is 5.79. The lowest BCUT2D eigenvalue weighted by Crippen LogP contribution is -2.48. The highest BCUT2D eigenvalue weighted by atomic mass is 32.1. The normalized spacial score (nSPS) is 17.2. The van der Waals surface area contributed by atoms with Crippen LogP contribution < -0.4 is 5.32 Å². The molecule has 3 aromatic rings. The van der Waals surface area contributed by atoms with E-state index in [9.17, 15) is 4.79 Å². The van der Waals surface area contributed by atoms with E-state index in [4.69, 9.17) is 0 Å². The van der Waals surface area contributed by atoms with E-state index in [0.29, 0.717) is 18.8 Å². The van der Waals surface area contributed by atoms with Gasteiger partial charge in [-0.15, -0.1) is 16.4 Å². The van der Waals surface area contributed by atoms with Gasteiger partial charge in [0.05, 0.1) is 18.8 Å². The van der Waals surface area contributed by atoms with Crippen LogP contribution in [-0.2, 0) is 13.0 Å². The fourth-order valence-corrected chi connectivity index (χ4v) is 4.10. The molecular weight excluding hydrogens is 358 g/mol. The zero-order chi connectivity index (χ0) is 18.6. The second kappa shape index (κ2) is 8.02. The van der Waals surface area contributed by atoms with E-state index >= 15 is 0 Å². The standard InChI is InChI=1S/C20H23N5OS/c1-2-15-5-7-16(8-6-15)19-12-21-9-10-25(19)20(26)18-14-24(23-22-18)13-17-4-3-11-27-17/h3-8,11,14,19,21H,2,9-10,12-13H2,1H3. The van der Waals surface area contributed by atoms with Crippen LogP contribution in [0.15, 0.2) is 48.0 Å². The summed E-state index contributed by atoms with van der Waals surface area (Å²) >= 11 is 1.67. The summed E-state index contributed by atoms with van der Waals surface area (Å²) in [6.07, 6.45) is 2.76. The van der Waals surface area contributed by atoms with Crippen molar-refractivity contribution < 1.29 is 4.79 Å². The van der Waals surface area contributed by atoms with Crippen molar-refractivity contribution in [3.8, 4) is 0 Å². The van der Waals surface area contributed by atoms with Crippen LogP contribution >= 0.6 is 11.3 Å². The van der Waals surface area contributed by atoms with Crippen molar-refractivity contribution in [3.05, 3.63) is 69.7 Å². The number of hydrogen-bond donors (Lipinski definition) is 1. The molecule has 1 unspecified atom stereocenters. The largest absolute Gasteiger partial charge is 0.328 e. The van der Waals surface area contributed by atoms with Crippen LogP contribution in [0.4, 0.5) is 0 Å². The number of carbonyl (C=O) groups is 1. The molecule has 1 aliphatic heterocycles. The average molecular weight is 382 g/mol. The minimum Gasteiger partial charge on any atom is -0.328 e. The predicted molar refractivity (Wildman–Crippen MR) is 106 cm³/mol. The molecule has 0 bridgehead atoms. The summed E-state index contributed by atoms with van der Waals surface area (Å²) < 4.78 is 1.73. The van der Waals surface area contributed by atoms with Gasteiger partial charge in [0.2, 0.25) is 0 Å². The van der Waals surface area contributed by atoms with Gasteiger partial charge in [-0.2, -0.15) is 0 Å². The molecule has 0 aliphatic carbocycles. The summed E-state index contributed by atoms with van der Waals surface area (Å²) in [6.45, 7) is 4.99. The van der Waals surface area contributed by atoms with Gasteiger partial charge in [-0.1, -0.05) is 42.5 Å². The molecule has 140 valence electrons. The highest BCUT2D eigenvalue weighted by Crippen LogP contribution is 2.24. The Bertz CT molecular complexity index is 888. The van der Waals surface area contributed by atoms with Crippen molar-refractivity contribution >= 4 is 17.2 Å². The average Bonchev–Trinajstić information content (AvgIpc) is 3.40. The number of nitrogens with one attached hydrogen (secondary N) is 1. The van der Waals surface area contributed by atoms with Crippen LogP contribution in [0.25, 0.3) is 0 Å². The third kappa shape index (κ3) is 3.94. The number of benzene rings is 1. The molecule has 1 atom stereocenters. The number of nitrogens with zero attached hydrogens (tertiary/aromatic N) is 4. The first-order valence-corrected chi connectivity index (χ1v) is 10.2. The van der Waals surface area contributed by atoms with Gasteiger partial charge in [-0.05, 0) is 29.0 Å². The molecule has 1 aromatic carbocycles. The monoisotopic (exact) mass is 381 g/mol. The zero-order valence-corrected chi connectivity index (χ0v) is 16.2. The quantitative estimate of drug-likeness (QED) is 0.738. The molecule has 27 heavy (non-hydrogen) atoms. The first kappa shape index (κ1) is 17.9. The number of aryl methyl sites for hydroxylation is 1. The summed E-state index contributed by atoms with van der Waals surface area (Å²) in [7, 11) is 0. The van der Waals surface area contributed by atoms with Gasteiger partial charge < -0.3 is 10.2 Å². The summed E-state index contributed by atoms with van der Waals surface area (Å²) in [5.74, 6) is -0.0569. The van der Waals surface area contributed by atoms with Crippen LogP contribution in [0.1, 0.15) is 39.5 Å². The molecule has 6 nitrogen and oxygen atoms in total. The van der Waals surface area contributed by atoms with E-state index in [2.05, 4.69) is 52.9 Å². The van der Waals surface area contributed by atoms with E-state index in [0.717, 1.165) is 25.1 Å². The Morgan fingerprint density at radius 1 is 1.30 bits per heavy atom. The maximum absolute atomic E-state index is 13.1. The molecule has 1 saturated heterocycles. The molecule has 0 saturated carbocycles. The third-order valence-electron chi connectivity index (χ3n) is 4.93. The van der Waals surface area contributed by atoms with E-state index in [1.54, 1.807) is 22.2 Å². The van der Waals surface area contributed by atoms with Gasteiger partial charge in [0.1, 0.15) is 0 Å². The van der Waals surface area contributed by atoms with E-state index in [1.165, 1.54) is 10.4 Å². The molecular formula is C20H23N5OS. The lowest BCUT2D eigenvalue weighted by molar-refractivity contribution is 0.0628. The van der Waals surface area contributed by atoms with Crippen LogP contribution in [-0.4, -0.2) is 45.4 Å². The van der Waals surface area contributed by atoms with Gasteiger partial charge in [0.15, 0.2) is 5.69 Å². The minimum atomic E-state index is -0.0569. The molecule has 0 spiro atoms. The maximum Gasteiger partial charge on any atom is 0.276 e. The Hall–Kier alpha value is -2.51. The Morgan fingerprint density at radius 3 is 2.89 bits per heavy atom. The molecule has 1 amide bonds. The summed E-state index contributed by atoms with van der Waals surface area (Å²) in [4.78, 5) is 16.2. The Labute approximate surface area is 162 Å². The van der Waals surface area contributed by atoms with Crippen molar-refractivity contribution in [2.24, 2.45) is 0 Å². The van der Waals surface area contributed by atoms with Gasteiger partial charge in [-0.3, -0.25) is 4.79 Å². The van der Waals surface area contributed by atoms with Crippen molar-refractivity contribution in [1.29, 1.82) is 0 Å².